The van der Waals surface area contributed by atoms with Crippen LogP contribution in [0, 0.1) is 5.92 Å². The molecule has 2 rings (SSSR count). The first-order chi connectivity index (χ1) is 9.99. The maximum atomic E-state index is 11.6. The molecule has 1 saturated carbocycles. The van der Waals surface area contributed by atoms with E-state index in [2.05, 4.69) is 5.32 Å². The zero-order valence-electron chi connectivity index (χ0n) is 11.2. The van der Waals surface area contributed by atoms with Gasteiger partial charge in [0.1, 0.15) is 12.7 Å². The zero-order valence-corrected chi connectivity index (χ0v) is 11.2. The molecule has 0 aromatic heterocycles. The summed E-state index contributed by atoms with van der Waals surface area (Å²) in [5.74, 6) is -2.30. The molecule has 114 valence electrons. The van der Waals surface area contributed by atoms with Crippen molar-refractivity contribution in [1.29, 1.82) is 0 Å². The van der Waals surface area contributed by atoms with Gasteiger partial charge in [0.25, 0.3) is 0 Å². The number of aliphatic carboxylic acids is 1. The van der Waals surface area contributed by atoms with E-state index in [0.29, 0.717) is 0 Å². The highest BCUT2D eigenvalue weighted by atomic mass is 16.5. The molecule has 4 atom stereocenters. The van der Waals surface area contributed by atoms with Gasteiger partial charge >= 0.3 is 12.1 Å². The summed E-state index contributed by atoms with van der Waals surface area (Å²) in [4.78, 5) is 22.5. The topological polar surface area (TPSA) is 116 Å². The van der Waals surface area contributed by atoms with Crippen molar-refractivity contribution >= 4 is 12.1 Å². The number of benzene rings is 1. The first kappa shape index (κ1) is 15.3. The average Bonchev–Trinajstić information content (AvgIpc) is 2.75. The van der Waals surface area contributed by atoms with Gasteiger partial charge in [-0.3, -0.25) is 4.79 Å². The molecule has 0 aliphatic heterocycles. The molecular weight excluding hydrogens is 278 g/mol. The summed E-state index contributed by atoms with van der Waals surface area (Å²) in [6.07, 6.45) is -3.53. The van der Waals surface area contributed by atoms with Gasteiger partial charge in [-0.2, -0.15) is 0 Å². The number of aliphatic hydroxyl groups is 2. The number of ether oxygens (including phenoxy) is 1. The van der Waals surface area contributed by atoms with Crippen molar-refractivity contribution < 1.29 is 29.6 Å². The Morgan fingerprint density at radius 2 is 1.86 bits per heavy atom. The van der Waals surface area contributed by atoms with Gasteiger partial charge in [0, 0.05) is 0 Å². The number of carboxylic acids is 1. The maximum absolute atomic E-state index is 11.6. The molecule has 0 spiro atoms. The third kappa shape index (κ3) is 3.71. The fourth-order valence-corrected chi connectivity index (χ4v) is 2.34. The van der Waals surface area contributed by atoms with Crippen molar-refractivity contribution in [2.24, 2.45) is 5.92 Å². The second-order valence-electron chi connectivity index (χ2n) is 4.97. The van der Waals surface area contributed by atoms with E-state index in [9.17, 15) is 19.8 Å². The SMILES string of the molecule is O=C(N[C@H]1C[C@H](C(=O)O)[C@H](O)[C@@H]1O)OCc1ccccc1. The van der Waals surface area contributed by atoms with E-state index in [-0.39, 0.29) is 13.0 Å². The molecule has 1 amide bonds. The van der Waals surface area contributed by atoms with Crippen LogP contribution >= 0.6 is 0 Å². The van der Waals surface area contributed by atoms with Crippen molar-refractivity contribution in [3.05, 3.63) is 35.9 Å². The molecule has 1 aliphatic carbocycles. The van der Waals surface area contributed by atoms with Gasteiger partial charge < -0.3 is 25.4 Å². The molecule has 7 heteroatoms. The zero-order chi connectivity index (χ0) is 15.4. The highest BCUT2D eigenvalue weighted by Crippen LogP contribution is 2.27. The third-order valence-electron chi connectivity index (χ3n) is 3.52. The van der Waals surface area contributed by atoms with Crippen molar-refractivity contribution in [3.8, 4) is 0 Å². The second kappa shape index (κ2) is 6.55. The minimum atomic E-state index is -1.40. The predicted octanol–water partition coefficient (Wildman–Crippen LogP) is 0.108. The minimum absolute atomic E-state index is 0.0435. The molecular formula is C14H17NO6. The lowest BCUT2D eigenvalue weighted by atomic mass is 10.1. The third-order valence-corrected chi connectivity index (χ3v) is 3.52. The van der Waals surface area contributed by atoms with Crippen LogP contribution in [0.4, 0.5) is 4.79 Å². The van der Waals surface area contributed by atoms with Gasteiger partial charge in [-0.25, -0.2) is 4.79 Å². The van der Waals surface area contributed by atoms with E-state index in [4.69, 9.17) is 9.84 Å². The Bertz CT molecular complexity index is 505. The van der Waals surface area contributed by atoms with Gasteiger partial charge in [-0.15, -0.1) is 0 Å². The number of alkyl carbamates (subject to hydrolysis) is 1. The summed E-state index contributed by atoms with van der Waals surface area (Å²) in [7, 11) is 0. The Labute approximate surface area is 121 Å². The minimum Gasteiger partial charge on any atom is -0.481 e. The van der Waals surface area contributed by atoms with E-state index in [0.717, 1.165) is 5.56 Å². The molecule has 0 unspecified atom stereocenters. The lowest BCUT2D eigenvalue weighted by Gasteiger charge is -2.17. The number of nitrogens with one attached hydrogen (secondary N) is 1. The molecule has 21 heavy (non-hydrogen) atoms. The number of hydrogen-bond donors (Lipinski definition) is 4. The largest absolute Gasteiger partial charge is 0.481 e. The van der Waals surface area contributed by atoms with Crippen LogP contribution in [0.5, 0.6) is 0 Å². The first-order valence-electron chi connectivity index (χ1n) is 6.55. The van der Waals surface area contributed by atoms with Crippen LogP contribution < -0.4 is 5.32 Å². The molecule has 0 saturated heterocycles. The summed E-state index contributed by atoms with van der Waals surface area (Å²) < 4.78 is 4.98. The van der Waals surface area contributed by atoms with Crippen LogP contribution in [0.15, 0.2) is 30.3 Å². The van der Waals surface area contributed by atoms with Gasteiger partial charge in [0.15, 0.2) is 0 Å². The number of hydrogen-bond acceptors (Lipinski definition) is 5. The number of carbonyl (C=O) groups excluding carboxylic acids is 1. The second-order valence-corrected chi connectivity index (χ2v) is 4.97. The molecule has 0 heterocycles. The van der Waals surface area contributed by atoms with Crippen LogP contribution in [0.3, 0.4) is 0 Å². The van der Waals surface area contributed by atoms with Crippen LogP contribution in [0.25, 0.3) is 0 Å². The van der Waals surface area contributed by atoms with E-state index < -0.39 is 36.2 Å². The fraction of sp³-hybridized carbons (Fsp3) is 0.429. The van der Waals surface area contributed by atoms with Crippen molar-refractivity contribution in [2.75, 3.05) is 0 Å². The Kier molecular flexibility index (Phi) is 4.77. The van der Waals surface area contributed by atoms with Crippen LogP contribution in [-0.2, 0) is 16.1 Å². The summed E-state index contributed by atoms with van der Waals surface area (Å²) in [5.41, 5.74) is 0.808. The first-order valence-corrected chi connectivity index (χ1v) is 6.55. The van der Waals surface area contributed by atoms with Gasteiger partial charge in [-0.1, -0.05) is 30.3 Å². The lowest BCUT2D eigenvalue weighted by molar-refractivity contribution is -0.145. The quantitative estimate of drug-likeness (QED) is 0.626. The highest BCUT2D eigenvalue weighted by molar-refractivity contribution is 5.72. The lowest BCUT2D eigenvalue weighted by Crippen LogP contribution is -2.43. The number of amides is 1. The van der Waals surface area contributed by atoms with Crippen molar-refractivity contribution in [1.82, 2.24) is 5.32 Å². The number of carboxylic acid groups (broad SMARTS) is 1. The average molecular weight is 295 g/mol. The summed E-state index contributed by atoms with van der Waals surface area (Å²) in [5, 5.41) is 30.6. The Hall–Kier alpha value is -2.12. The maximum Gasteiger partial charge on any atom is 0.407 e. The molecule has 0 radical (unpaired) electrons. The number of aliphatic hydroxyl groups excluding tert-OH is 2. The Morgan fingerprint density at radius 3 is 2.43 bits per heavy atom. The predicted molar refractivity (Wildman–Crippen MR) is 71.3 cm³/mol. The Morgan fingerprint density at radius 1 is 1.19 bits per heavy atom. The summed E-state index contributed by atoms with van der Waals surface area (Å²) >= 11 is 0. The van der Waals surface area contributed by atoms with E-state index in [1.54, 1.807) is 12.1 Å². The molecule has 1 aromatic carbocycles. The van der Waals surface area contributed by atoms with Crippen LogP contribution in [-0.4, -0.2) is 45.6 Å². The van der Waals surface area contributed by atoms with Gasteiger partial charge in [-0.05, 0) is 12.0 Å². The van der Waals surface area contributed by atoms with Crippen LogP contribution in [0.1, 0.15) is 12.0 Å². The standard InChI is InChI=1S/C14H17NO6/c16-11-9(13(18)19)6-10(12(11)17)15-14(20)21-7-8-4-2-1-3-5-8/h1-5,9-12,16-17H,6-7H2,(H,15,20)(H,18,19)/t9-,10-,11-,12+/m0/s1. The monoisotopic (exact) mass is 295 g/mol. The van der Waals surface area contributed by atoms with Gasteiger partial charge in [0.05, 0.1) is 18.1 Å². The number of carbonyl (C=O) groups is 2. The van der Waals surface area contributed by atoms with E-state index in [1.807, 2.05) is 18.2 Å². The van der Waals surface area contributed by atoms with E-state index >= 15 is 0 Å². The summed E-state index contributed by atoms with van der Waals surface area (Å²) in [6.45, 7) is 0.0698. The molecule has 4 N–H and O–H groups in total. The highest BCUT2D eigenvalue weighted by Gasteiger charge is 2.45. The van der Waals surface area contributed by atoms with Gasteiger partial charge in [0.2, 0.25) is 0 Å². The smallest absolute Gasteiger partial charge is 0.407 e. The molecule has 1 aliphatic rings. The van der Waals surface area contributed by atoms with Crippen molar-refractivity contribution in [2.45, 2.75) is 31.3 Å². The van der Waals surface area contributed by atoms with Crippen LogP contribution in [0.2, 0.25) is 0 Å². The molecule has 7 nitrogen and oxygen atoms in total. The Balaban J connectivity index is 1.84. The van der Waals surface area contributed by atoms with Crippen molar-refractivity contribution in [3.63, 3.8) is 0 Å². The van der Waals surface area contributed by atoms with E-state index in [1.165, 1.54) is 0 Å². The normalized spacial score (nSPS) is 28.1. The summed E-state index contributed by atoms with van der Waals surface area (Å²) in [6, 6.07) is 8.20. The molecule has 1 aromatic rings. The molecule has 1 fully saturated rings. The fourth-order valence-electron chi connectivity index (χ4n) is 2.34. The molecule has 0 bridgehead atoms. The number of rotatable bonds is 4.